The fraction of sp³-hybridized carbons (Fsp3) is 0.500. The Morgan fingerprint density at radius 3 is 2.70 bits per heavy atom. The molecule has 1 aromatic carbocycles. The average Bonchev–Trinajstić information content (AvgIpc) is 3.13. The molecule has 124 valence electrons. The fourth-order valence-corrected chi connectivity index (χ4v) is 4.10. The van der Waals surface area contributed by atoms with Gasteiger partial charge in [-0.15, -0.1) is 11.8 Å². The molecule has 0 radical (unpaired) electrons. The van der Waals surface area contributed by atoms with E-state index in [9.17, 15) is 4.39 Å². The number of benzene rings is 1. The molecule has 3 rings (SSSR count). The number of thioether (sulfide) groups is 1. The van der Waals surface area contributed by atoms with E-state index in [0.717, 1.165) is 31.1 Å². The normalized spacial score (nSPS) is 22.1. The monoisotopic (exact) mass is 331 g/mol. The van der Waals surface area contributed by atoms with E-state index in [4.69, 9.17) is 0 Å². The molecule has 0 bridgehead atoms. The number of aryl methyl sites for hydroxylation is 1. The molecule has 1 aliphatic heterocycles. The summed E-state index contributed by atoms with van der Waals surface area (Å²) in [6.45, 7) is 6.98. The van der Waals surface area contributed by atoms with Gasteiger partial charge in [0.2, 0.25) is 0 Å². The molecule has 2 aliphatic rings. The van der Waals surface area contributed by atoms with Crippen LogP contribution in [0, 0.1) is 17.2 Å². The minimum atomic E-state index is -0.152. The lowest BCUT2D eigenvalue weighted by Crippen LogP contribution is -2.27. The molecule has 23 heavy (non-hydrogen) atoms. The van der Waals surface area contributed by atoms with Crippen molar-refractivity contribution in [3.63, 3.8) is 0 Å². The van der Waals surface area contributed by atoms with Crippen LogP contribution in [0.5, 0.6) is 0 Å². The van der Waals surface area contributed by atoms with Gasteiger partial charge in [0.25, 0.3) is 0 Å². The second-order valence-electron chi connectivity index (χ2n) is 7.31. The topological polar surface area (TPSA) is 3.24 Å². The zero-order valence-electron chi connectivity index (χ0n) is 14.1. The maximum absolute atomic E-state index is 12.9. The van der Waals surface area contributed by atoms with Crippen molar-refractivity contribution in [1.29, 1.82) is 0 Å². The summed E-state index contributed by atoms with van der Waals surface area (Å²) in [5, 5.41) is 1.41. The molecule has 0 amide bonds. The number of nitrogens with zero attached hydrogens (tertiary/aromatic N) is 1. The lowest BCUT2D eigenvalue weighted by Gasteiger charge is -2.28. The van der Waals surface area contributed by atoms with Gasteiger partial charge in [-0.2, -0.15) is 0 Å². The Balaban J connectivity index is 1.43. The highest BCUT2D eigenvalue weighted by molar-refractivity contribution is 8.03. The predicted molar refractivity (Wildman–Crippen MR) is 97.9 cm³/mol. The summed E-state index contributed by atoms with van der Waals surface area (Å²) >= 11 is 1.96. The largest absolute Gasteiger partial charge is 0.362 e. The molecule has 1 fully saturated rings. The molecule has 1 unspecified atom stereocenters. The van der Waals surface area contributed by atoms with Crippen LogP contribution >= 0.6 is 11.8 Å². The van der Waals surface area contributed by atoms with Crippen LogP contribution in [0.3, 0.4) is 0 Å². The van der Waals surface area contributed by atoms with Crippen molar-refractivity contribution in [3.05, 3.63) is 58.9 Å². The highest BCUT2D eigenvalue weighted by atomic mass is 32.2. The SMILES string of the molecule is CC1(C)CC1CN1CC=CC=C1SCCCc1ccc(F)cc1. The molecule has 0 aromatic heterocycles. The maximum atomic E-state index is 12.9. The van der Waals surface area contributed by atoms with E-state index in [1.165, 1.54) is 23.6 Å². The van der Waals surface area contributed by atoms with E-state index in [1.807, 2.05) is 23.9 Å². The molecule has 1 heterocycles. The second-order valence-corrected chi connectivity index (χ2v) is 8.42. The quantitative estimate of drug-likeness (QED) is 0.628. The summed E-state index contributed by atoms with van der Waals surface area (Å²) in [5.74, 6) is 1.81. The first-order chi connectivity index (χ1) is 11.0. The van der Waals surface area contributed by atoms with Gasteiger partial charge >= 0.3 is 0 Å². The van der Waals surface area contributed by atoms with Crippen molar-refractivity contribution in [2.75, 3.05) is 18.8 Å². The Labute approximate surface area is 143 Å². The van der Waals surface area contributed by atoms with Crippen LogP contribution in [0.2, 0.25) is 0 Å². The molecule has 1 nitrogen and oxygen atoms in total. The standard InChI is InChI=1S/C20H26FNS/c1-20(2)14-17(20)15-22-12-4-3-7-19(22)23-13-5-6-16-8-10-18(21)11-9-16/h3-4,7-11,17H,5-6,12-15H2,1-2H3. The van der Waals surface area contributed by atoms with Crippen LogP contribution in [0.15, 0.2) is 47.5 Å². The molecule has 0 N–H and O–H groups in total. The summed E-state index contributed by atoms with van der Waals surface area (Å²) in [6, 6.07) is 6.89. The number of hydrogen-bond acceptors (Lipinski definition) is 2. The van der Waals surface area contributed by atoms with Crippen LogP contribution < -0.4 is 0 Å². The van der Waals surface area contributed by atoms with Gasteiger partial charge < -0.3 is 4.90 Å². The van der Waals surface area contributed by atoms with Crippen LogP contribution in [0.1, 0.15) is 32.3 Å². The van der Waals surface area contributed by atoms with Gasteiger partial charge in [-0.1, -0.05) is 38.1 Å². The van der Waals surface area contributed by atoms with E-state index in [-0.39, 0.29) is 5.82 Å². The molecule has 1 saturated carbocycles. The van der Waals surface area contributed by atoms with Gasteiger partial charge in [0.05, 0.1) is 5.03 Å². The first-order valence-corrected chi connectivity index (χ1v) is 9.52. The third kappa shape index (κ3) is 4.63. The lowest BCUT2D eigenvalue weighted by molar-refractivity contribution is 0.355. The molecule has 0 saturated heterocycles. The number of halogens is 1. The Bertz CT molecular complexity index is 588. The highest BCUT2D eigenvalue weighted by Crippen LogP contribution is 2.52. The molecular formula is C20H26FNS. The van der Waals surface area contributed by atoms with E-state index in [1.54, 1.807) is 12.1 Å². The minimum Gasteiger partial charge on any atom is -0.362 e. The smallest absolute Gasteiger partial charge is 0.123 e. The van der Waals surface area contributed by atoms with Crippen LogP contribution in [0.4, 0.5) is 4.39 Å². The van der Waals surface area contributed by atoms with Crippen molar-refractivity contribution in [1.82, 2.24) is 4.90 Å². The van der Waals surface area contributed by atoms with E-state index in [2.05, 4.69) is 37.0 Å². The first kappa shape index (κ1) is 16.6. The zero-order chi connectivity index (χ0) is 16.3. The second kappa shape index (κ2) is 7.12. The van der Waals surface area contributed by atoms with Crippen LogP contribution in [-0.2, 0) is 6.42 Å². The van der Waals surface area contributed by atoms with Crippen LogP contribution in [0.25, 0.3) is 0 Å². The third-order valence-electron chi connectivity index (χ3n) is 4.94. The third-order valence-corrected chi connectivity index (χ3v) is 6.13. The van der Waals surface area contributed by atoms with Gasteiger partial charge in [0.1, 0.15) is 5.82 Å². The van der Waals surface area contributed by atoms with E-state index < -0.39 is 0 Å². The molecule has 1 aromatic rings. The van der Waals surface area contributed by atoms with E-state index in [0.29, 0.717) is 5.41 Å². The van der Waals surface area contributed by atoms with Crippen molar-refractivity contribution < 1.29 is 4.39 Å². The van der Waals surface area contributed by atoms with Gasteiger partial charge in [0.15, 0.2) is 0 Å². The van der Waals surface area contributed by atoms with E-state index >= 15 is 0 Å². The summed E-state index contributed by atoms with van der Waals surface area (Å²) in [7, 11) is 0. The average molecular weight is 332 g/mol. The lowest BCUT2D eigenvalue weighted by atomic mass is 10.1. The first-order valence-electron chi connectivity index (χ1n) is 8.54. The molecular weight excluding hydrogens is 305 g/mol. The zero-order valence-corrected chi connectivity index (χ0v) is 14.9. The fourth-order valence-electron chi connectivity index (χ4n) is 3.10. The van der Waals surface area contributed by atoms with Gasteiger partial charge in [-0.3, -0.25) is 0 Å². The Hall–Kier alpha value is -1.22. The molecule has 3 heteroatoms. The number of rotatable bonds is 7. The molecule has 1 aliphatic carbocycles. The summed E-state index contributed by atoms with van der Waals surface area (Å²) in [6.07, 6.45) is 10.2. The predicted octanol–water partition coefficient (Wildman–Crippen LogP) is 5.25. The molecule has 1 atom stereocenters. The maximum Gasteiger partial charge on any atom is 0.123 e. The summed E-state index contributed by atoms with van der Waals surface area (Å²) in [5.41, 5.74) is 1.76. The Kier molecular flexibility index (Phi) is 5.15. The Morgan fingerprint density at radius 2 is 2.00 bits per heavy atom. The van der Waals surface area contributed by atoms with Crippen molar-refractivity contribution >= 4 is 11.8 Å². The summed E-state index contributed by atoms with van der Waals surface area (Å²) < 4.78 is 12.9. The molecule has 0 spiro atoms. The number of hydrogen-bond donors (Lipinski definition) is 0. The highest BCUT2D eigenvalue weighted by Gasteiger charge is 2.46. The minimum absolute atomic E-state index is 0.152. The van der Waals surface area contributed by atoms with Crippen molar-refractivity contribution in [2.24, 2.45) is 11.3 Å². The summed E-state index contributed by atoms with van der Waals surface area (Å²) in [4.78, 5) is 2.53. The number of allylic oxidation sites excluding steroid dienone is 2. The van der Waals surface area contributed by atoms with Gasteiger partial charge in [-0.25, -0.2) is 4.39 Å². The van der Waals surface area contributed by atoms with Crippen LogP contribution in [-0.4, -0.2) is 23.7 Å². The van der Waals surface area contributed by atoms with Crippen molar-refractivity contribution in [2.45, 2.75) is 33.1 Å². The van der Waals surface area contributed by atoms with Gasteiger partial charge in [0, 0.05) is 13.1 Å². The Morgan fingerprint density at radius 1 is 1.26 bits per heavy atom. The van der Waals surface area contributed by atoms with Gasteiger partial charge in [-0.05, 0) is 60.1 Å². The van der Waals surface area contributed by atoms with Crippen molar-refractivity contribution in [3.8, 4) is 0 Å².